The second-order valence-electron chi connectivity index (χ2n) is 8.24. The number of nitriles is 1. The second-order valence-corrected chi connectivity index (χ2v) is 8.24. The first-order valence-corrected chi connectivity index (χ1v) is 10.5. The number of nitrogens with zero attached hydrogens (tertiary/aromatic N) is 3. The first-order valence-electron chi connectivity index (χ1n) is 10.5. The molecule has 0 radical (unpaired) electrons. The average molecular weight is 430 g/mol. The van der Waals surface area contributed by atoms with E-state index in [1.54, 1.807) is 60.6 Å². The van der Waals surface area contributed by atoms with E-state index in [9.17, 15) is 14.9 Å². The third-order valence-corrected chi connectivity index (χ3v) is 5.50. The number of carbonyl (C=O) groups is 2. The molecule has 0 spiro atoms. The average Bonchev–Trinajstić information content (AvgIpc) is 2.79. The van der Waals surface area contributed by atoms with Gasteiger partial charge in [-0.3, -0.25) is 9.59 Å². The number of anilines is 1. The van der Waals surface area contributed by atoms with Crippen molar-refractivity contribution in [3.63, 3.8) is 0 Å². The summed E-state index contributed by atoms with van der Waals surface area (Å²) in [6.07, 6.45) is 2.85. The summed E-state index contributed by atoms with van der Waals surface area (Å²) in [6, 6.07) is 15.3. The molecule has 1 aliphatic heterocycles. The minimum Gasteiger partial charge on any atom is -0.333 e. The monoisotopic (exact) mass is 429 g/mol. The normalized spacial score (nSPS) is 18.8. The smallest absolute Gasteiger partial charge is 0.254 e. The maximum atomic E-state index is 13.7. The first kappa shape index (κ1) is 22.9. The number of hydrogen-bond acceptors (Lipinski definition) is 5. The van der Waals surface area contributed by atoms with Crippen molar-refractivity contribution in [3.8, 4) is 6.07 Å². The zero-order chi connectivity index (χ0) is 23.3. The lowest BCUT2D eigenvalue weighted by molar-refractivity contribution is -0.119. The van der Waals surface area contributed by atoms with E-state index in [0.29, 0.717) is 28.9 Å². The molecule has 32 heavy (non-hydrogen) atoms. The SMILES string of the molecule is CN=CC(C=N)[C@@H]1[C@@H](C(=O)Nc2cccc(C#N)c2)c2ccccc2C(=O)N1CC(C)C. The number of nitrogens with one attached hydrogen (secondary N) is 2. The molecular formula is C25H27N5O2. The Morgan fingerprint density at radius 3 is 2.69 bits per heavy atom. The quantitative estimate of drug-likeness (QED) is 0.655. The Morgan fingerprint density at radius 2 is 2.03 bits per heavy atom. The molecule has 1 aliphatic rings. The van der Waals surface area contributed by atoms with Crippen LogP contribution < -0.4 is 5.32 Å². The summed E-state index contributed by atoms with van der Waals surface area (Å²) in [6.45, 7) is 4.48. The molecule has 3 atom stereocenters. The molecule has 2 aromatic rings. The Bertz CT molecular complexity index is 1090. The highest BCUT2D eigenvalue weighted by molar-refractivity contribution is 6.05. The van der Waals surface area contributed by atoms with E-state index in [0.717, 1.165) is 0 Å². The van der Waals surface area contributed by atoms with Crippen molar-refractivity contribution in [2.24, 2.45) is 16.8 Å². The van der Waals surface area contributed by atoms with E-state index in [4.69, 9.17) is 5.41 Å². The fourth-order valence-corrected chi connectivity index (χ4v) is 4.23. The van der Waals surface area contributed by atoms with Crippen molar-refractivity contribution in [2.75, 3.05) is 18.9 Å². The summed E-state index contributed by atoms with van der Waals surface area (Å²) in [5.74, 6) is -1.51. The number of benzene rings is 2. The molecular weight excluding hydrogens is 402 g/mol. The lowest BCUT2D eigenvalue weighted by Crippen LogP contribution is -2.56. The molecule has 2 aromatic carbocycles. The van der Waals surface area contributed by atoms with Gasteiger partial charge in [-0.2, -0.15) is 5.26 Å². The lowest BCUT2D eigenvalue weighted by atomic mass is 9.76. The number of hydrogen-bond donors (Lipinski definition) is 2. The lowest BCUT2D eigenvalue weighted by Gasteiger charge is -2.44. The van der Waals surface area contributed by atoms with Gasteiger partial charge in [-0.15, -0.1) is 0 Å². The molecule has 2 N–H and O–H groups in total. The molecule has 0 saturated heterocycles. The van der Waals surface area contributed by atoms with Gasteiger partial charge in [-0.1, -0.05) is 38.1 Å². The number of fused-ring (bicyclic) bond motifs is 1. The van der Waals surface area contributed by atoms with E-state index in [1.807, 2.05) is 19.9 Å². The predicted octanol–water partition coefficient (Wildman–Crippen LogP) is 3.73. The molecule has 1 heterocycles. The minimum atomic E-state index is -0.710. The summed E-state index contributed by atoms with van der Waals surface area (Å²) in [4.78, 5) is 32.9. The van der Waals surface area contributed by atoms with E-state index < -0.39 is 17.9 Å². The van der Waals surface area contributed by atoms with E-state index in [2.05, 4.69) is 16.4 Å². The van der Waals surface area contributed by atoms with Gasteiger partial charge in [0, 0.05) is 37.3 Å². The van der Waals surface area contributed by atoms with Gasteiger partial charge in [0.15, 0.2) is 0 Å². The molecule has 0 aromatic heterocycles. The van der Waals surface area contributed by atoms with Gasteiger partial charge < -0.3 is 20.6 Å². The standard InChI is InChI=1S/C25H27N5O2/c1-16(2)15-30-23(18(13-27)14-28-3)22(20-9-4-5-10-21(20)25(30)32)24(31)29-19-8-6-7-17(11-19)12-26/h4-11,13-14,16,18,22-23,27H,15H2,1-3H3,(H,29,31)/t18?,22-,23+/m0/s1. The van der Waals surface area contributed by atoms with Crippen LogP contribution >= 0.6 is 0 Å². The molecule has 2 amide bonds. The van der Waals surface area contributed by atoms with Gasteiger partial charge >= 0.3 is 0 Å². The van der Waals surface area contributed by atoms with Crippen LogP contribution in [0.2, 0.25) is 0 Å². The Hall–Kier alpha value is -3.79. The van der Waals surface area contributed by atoms with E-state index >= 15 is 0 Å². The van der Waals surface area contributed by atoms with Gasteiger partial charge in [0.1, 0.15) is 0 Å². The summed E-state index contributed by atoms with van der Waals surface area (Å²) < 4.78 is 0. The Balaban J connectivity index is 2.13. The molecule has 3 rings (SSSR count). The number of carbonyl (C=O) groups excluding carboxylic acids is 2. The molecule has 0 bridgehead atoms. The van der Waals surface area contributed by atoms with Crippen LogP contribution in [0.5, 0.6) is 0 Å². The molecule has 7 nitrogen and oxygen atoms in total. The van der Waals surface area contributed by atoms with Gasteiger partial charge in [0.25, 0.3) is 5.91 Å². The first-order chi connectivity index (χ1) is 15.4. The van der Waals surface area contributed by atoms with Crippen molar-refractivity contribution in [2.45, 2.75) is 25.8 Å². The Kier molecular flexibility index (Phi) is 7.16. The van der Waals surface area contributed by atoms with Crippen LogP contribution in [0.15, 0.2) is 53.5 Å². The highest BCUT2D eigenvalue weighted by atomic mass is 16.2. The highest BCUT2D eigenvalue weighted by Crippen LogP contribution is 2.37. The van der Waals surface area contributed by atoms with Gasteiger partial charge in [0.05, 0.1) is 29.5 Å². The second kappa shape index (κ2) is 10.0. The maximum Gasteiger partial charge on any atom is 0.254 e. The number of rotatable bonds is 7. The zero-order valence-electron chi connectivity index (χ0n) is 18.4. The van der Waals surface area contributed by atoms with Crippen molar-refractivity contribution in [1.82, 2.24) is 4.90 Å². The fourth-order valence-electron chi connectivity index (χ4n) is 4.23. The van der Waals surface area contributed by atoms with E-state index in [-0.39, 0.29) is 17.7 Å². The van der Waals surface area contributed by atoms with Crippen LogP contribution in [0.4, 0.5) is 5.69 Å². The van der Waals surface area contributed by atoms with Crippen molar-refractivity contribution >= 4 is 29.9 Å². The molecule has 0 fully saturated rings. The molecule has 1 unspecified atom stereocenters. The summed E-state index contributed by atoms with van der Waals surface area (Å²) in [5.41, 5.74) is 2.07. The van der Waals surface area contributed by atoms with Gasteiger partial charge in [-0.25, -0.2) is 0 Å². The van der Waals surface area contributed by atoms with Crippen molar-refractivity contribution in [3.05, 3.63) is 65.2 Å². The zero-order valence-corrected chi connectivity index (χ0v) is 18.4. The van der Waals surface area contributed by atoms with Gasteiger partial charge in [-0.05, 0) is 35.7 Å². The number of amides is 2. The fraction of sp³-hybridized carbons (Fsp3) is 0.320. The maximum absolute atomic E-state index is 13.7. The molecule has 0 saturated carbocycles. The van der Waals surface area contributed by atoms with Crippen LogP contribution in [0.3, 0.4) is 0 Å². The highest BCUT2D eigenvalue weighted by Gasteiger charge is 2.46. The Labute approximate surface area is 188 Å². The van der Waals surface area contributed by atoms with Crippen LogP contribution in [0.25, 0.3) is 0 Å². The molecule has 7 heteroatoms. The minimum absolute atomic E-state index is 0.147. The summed E-state index contributed by atoms with van der Waals surface area (Å²) in [7, 11) is 1.62. The number of aliphatic imine (C=N–C) groups is 1. The summed E-state index contributed by atoms with van der Waals surface area (Å²) >= 11 is 0. The van der Waals surface area contributed by atoms with Crippen molar-refractivity contribution in [1.29, 1.82) is 10.7 Å². The van der Waals surface area contributed by atoms with E-state index in [1.165, 1.54) is 6.21 Å². The molecule has 164 valence electrons. The third-order valence-electron chi connectivity index (χ3n) is 5.50. The largest absolute Gasteiger partial charge is 0.333 e. The van der Waals surface area contributed by atoms with Crippen LogP contribution in [0.1, 0.15) is 41.3 Å². The van der Waals surface area contributed by atoms with Crippen LogP contribution in [0, 0.1) is 28.6 Å². The van der Waals surface area contributed by atoms with Crippen molar-refractivity contribution < 1.29 is 9.59 Å². The summed E-state index contributed by atoms with van der Waals surface area (Å²) in [5, 5.41) is 20.1. The predicted molar refractivity (Wildman–Crippen MR) is 125 cm³/mol. The third kappa shape index (κ3) is 4.59. The van der Waals surface area contributed by atoms with Crippen LogP contribution in [-0.4, -0.2) is 48.8 Å². The Morgan fingerprint density at radius 1 is 1.28 bits per heavy atom. The van der Waals surface area contributed by atoms with Gasteiger partial charge in [0.2, 0.25) is 5.91 Å². The van der Waals surface area contributed by atoms with Crippen LogP contribution in [-0.2, 0) is 4.79 Å². The molecule has 0 aliphatic carbocycles. The topological polar surface area (TPSA) is 109 Å².